The molecule has 0 saturated heterocycles. The summed E-state index contributed by atoms with van der Waals surface area (Å²) in [6.45, 7) is 0.531. The highest BCUT2D eigenvalue weighted by atomic mass is 16.1. The van der Waals surface area contributed by atoms with Crippen molar-refractivity contribution in [3.05, 3.63) is 35.9 Å². The summed E-state index contributed by atoms with van der Waals surface area (Å²) in [6, 6.07) is 9.46. The molecule has 1 atom stereocenters. The van der Waals surface area contributed by atoms with Crippen molar-refractivity contribution in [3.8, 4) is 0 Å². The number of hydrogen-bond donors (Lipinski definition) is 2. The molecule has 0 radical (unpaired) electrons. The maximum absolute atomic E-state index is 12.0. The quantitative estimate of drug-likeness (QED) is 0.833. The zero-order chi connectivity index (χ0) is 12.1. The van der Waals surface area contributed by atoms with E-state index in [1.54, 1.807) is 0 Å². The summed E-state index contributed by atoms with van der Waals surface area (Å²) < 4.78 is 0. The van der Waals surface area contributed by atoms with Gasteiger partial charge in [-0.15, -0.1) is 0 Å². The van der Waals surface area contributed by atoms with Crippen LogP contribution in [0.25, 0.3) is 0 Å². The average molecular weight is 232 g/mol. The summed E-state index contributed by atoms with van der Waals surface area (Å²) in [4.78, 5) is 12.0. The Kier molecular flexibility index (Phi) is 4.15. The minimum atomic E-state index is -0.00653. The predicted octanol–water partition coefficient (Wildman–Crippen LogP) is 1.93. The standard InChI is InChI=1S/C14H20N2O/c15-10-13(11-6-4-5-7-11)16-14(17)12-8-2-1-3-9-12/h1-3,8-9,11,13H,4-7,10,15H2,(H,16,17). The summed E-state index contributed by atoms with van der Waals surface area (Å²) in [5.74, 6) is 0.556. The van der Waals surface area contributed by atoms with Crippen LogP contribution in [0.4, 0.5) is 0 Å². The Labute approximate surface area is 102 Å². The number of benzene rings is 1. The fourth-order valence-corrected chi connectivity index (χ4v) is 2.57. The van der Waals surface area contributed by atoms with Gasteiger partial charge in [0.1, 0.15) is 0 Å². The van der Waals surface area contributed by atoms with Gasteiger partial charge in [0, 0.05) is 18.2 Å². The van der Waals surface area contributed by atoms with Crippen LogP contribution in [-0.4, -0.2) is 18.5 Å². The van der Waals surface area contributed by atoms with Gasteiger partial charge in [-0.25, -0.2) is 0 Å². The number of carbonyl (C=O) groups excluding carboxylic acids is 1. The second-order valence-corrected chi connectivity index (χ2v) is 4.73. The summed E-state index contributed by atoms with van der Waals surface area (Å²) in [5.41, 5.74) is 6.48. The minimum Gasteiger partial charge on any atom is -0.348 e. The molecule has 3 heteroatoms. The van der Waals surface area contributed by atoms with Gasteiger partial charge in [-0.2, -0.15) is 0 Å². The fourth-order valence-electron chi connectivity index (χ4n) is 2.57. The number of nitrogens with two attached hydrogens (primary N) is 1. The normalized spacial score (nSPS) is 17.9. The highest BCUT2D eigenvalue weighted by Crippen LogP contribution is 2.27. The largest absolute Gasteiger partial charge is 0.348 e. The van der Waals surface area contributed by atoms with Gasteiger partial charge in [-0.3, -0.25) is 4.79 Å². The van der Waals surface area contributed by atoms with Crippen molar-refractivity contribution in [2.45, 2.75) is 31.7 Å². The zero-order valence-corrected chi connectivity index (χ0v) is 10.1. The first kappa shape index (κ1) is 12.1. The van der Waals surface area contributed by atoms with Crippen LogP contribution in [0.15, 0.2) is 30.3 Å². The van der Waals surface area contributed by atoms with Gasteiger partial charge in [-0.1, -0.05) is 31.0 Å². The molecule has 0 aromatic heterocycles. The van der Waals surface area contributed by atoms with E-state index in [9.17, 15) is 4.79 Å². The van der Waals surface area contributed by atoms with E-state index >= 15 is 0 Å². The molecular weight excluding hydrogens is 212 g/mol. The van der Waals surface area contributed by atoms with E-state index in [1.165, 1.54) is 25.7 Å². The minimum absolute atomic E-state index is 0.00653. The fraction of sp³-hybridized carbons (Fsp3) is 0.500. The molecule has 3 N–H and O–H groups in total. The summed E-state index contributed by atoms with van der Waals surface area (Å²) in [6.07, 6.45) is 4.92. The van der Waals surface area contributed by atoms with Gasteiger partial charge < -0.3 is 11.1 Å². The molecule has 1 saturated carbocycles. The first-order valence-electron chi connectivity index (χ1n) is 6.37. The molecule has 1 aromatic rings. The van der Waals surface area contributed by atoms with Crippen LogP contribution in [-0.2, 0) is 0 Å². The van der Waals surface area contributed by atoms with Crippen LogP contribution in [0.3, 0.4) is 0 Å². The molecule has 2 rings (SSSR count). The molecule has 1 unspecified atom stereocenters. The monoisotopic (exact) mass is 232 g/mol. The molecule has 3 nitrogen and oxygen atoms in total. The second-order valence-electron chi connectivity index (χ2n) is 4.73. The van der Waals surface area contributed by atoms with Crippen LogP contribution in [0.2, 0.25) is 0 Å². The van der Waals surface area contributed by atoms with Crippen LogP contribution in [0.5, 0.6) is 0 Å². The molecule has 92 valence electrons. The van der Waals surface area contributed by atoms with E-state index in [2.05, 4.69) is 5.32 Å². The number of hydrogen-bond acceptors (Lipinski definition) is 2. The van der Waals surface area contributed by atoms with E-state index in [-0.39, 0.29) is 11.9 Å². The topological polar surface area (TPSA) is 55.1 Å². The third kappa shape index (κ3) is 3.07. The Balaban J connectivity index is 1.96. The van der Waals surface area contributed by atoms with Crippen molar-refractivity contribution in [2.24, 2.45) is 11.7 Å². The summed E-state index contributed by atoms with van der Waals surface area (Å²) in [5, 5.41) is 3.06. The lowest BCUT2D eigenvalue weighted by molar-refractivity contribution is 0.0924. The Morgan fingerprint density at radius 2 is 1.94 bits per heavy atom. The average Bonchev–Trinajstić information content (AvgIpc) is 2.90. The van der Waals surface area contributed by atoms with Crippen molar-refractivity contribution in [1.29, 1.82) is 0 Å². The lowest BCUT2D eigenvalue weighted by Gasteiger charge is -2.23. The molecule has 1 amide bonds. The molecule has 1 aromatic carbocycles. The summed E-state index contributed by atoms with van der Waals surface area (Å²) >= 11 is 0. The SMILES string of the molecule is NCC(NC(=O)c1ccccc1)C1CCCC1. The molecule has 0 spiro atoms. The molecule has 0 heterocycles. The number of nitrogens with one attached hydrogen (secondary N) is 1. The van der Waals surface area contributed by atoms with Crippen molar-refractivity contribution in [3.63, 3.8) is 0 Å². The van der Waals surface area contributed by atoms with E-state index in [4.69, 9.17) is 5.73 Å². The molecule has 1 aliphatic carbocycles. The highest BCUT2D eigenvalue weighted by molar-refractivity contribution is 5.94. The Bertz CT molecular complexity index is 358. The van der Waals surface area contributed by atoms with Gasteiger partial charge in [0.2, 0.25) is 0 Å². The highest BCUT2D eigenvalue weighted by Gasteiger charge is 2.25. The van der Waals surface area contributed by atoms with Gasteiger partial charge in [-0.05, 0) is 30.9 Å². The Morgan fingerprint density at radius 1 is 1.29 bits per heavy atom. The van der Waals surface area contributed by atoms with Gasteiger partial charge >= 0.3 is 0 Å². The Morgan fingerprint density at radius 3 is 2.53 bits per heavy atom. The van der Waals surface area contributed by atoms with Gasteiger partial charge in [0.15, 0.2) is 0 Å². The maximum atomic E-state index is 12.0. The van der Waals surface area contributed by atoms with E-state index < -0.39 is 0 Å². The molecular formula is C14H20N2O. The van der Waals surface area contributed by atoms with Crippen LogP contribution in [0.1, 0.15) is 36.0 Å². The van der Waals surface area contributed by atoms with Crippen LogP contribution in [0, 0.1) is 5.92 Å². The molecule has 0 aliphatic heterocycles. The zero-order valence-electron chi connectivity index (χ0n) is 10.1. The number of carbonyl (C=O) groups is 1. The van der Waals surface area contributed by atoms with Gasteiger partial charge in [0.05, 0.1) is 0 Å². The molecule has 1 fully saturated rings. The maximum Gasteiger partial charge on any atom is 0.251 e. The van der Waals surface area contributed by atoms with E-state index in [0.717, 1.165) is 0 Å². The molecule has 1 aliphatic rings. The molecule has 17 heavy (non-hydrogen) atoms. The second kappa shape index (κ2) is 5.82. The molecule has 0 bridgehead atoms. The van der Waals surface area contributed by atoms with Gasteiger partial charge in [0.25, 0.3) is 5.91 Å². The number of rotatable bonds is 4. The van der Waals surface area contributed by atoms with Crippen molar-refractivity contribution in [1.82, 2.24) is 5.32 Å². The lowest BCUT2D eigenvalue weighted by atomic mass is 9.98. The lowest BCUT2D eigenvalue weighted by Crippen LogP contribution is -2.44. The first-order chi connectivity index (χ1) is 8.31. The van der Waals surface area contributed by atoms with Crippen LogP contribution < -0.4 is 11.1 Å². The van der Waals surface area contributed by atoms with Crippen molar-refractivity contribution >= 4 is 5.91 Å². The number of amides is 1. The smallest absolute Gasteiger partial charge is 0.251 e. The van der Waals surface area contributed by atoms with E-state index in [0.29, 0.717) is 18.0 Å². The first-order valence-corrected chi connectivity index (χ1v) is 6.37. The third-order valence-corrected chi connectivity index (χ3v) is 3.58. The van der Waals surface area contributed by atoms with Crippen molar-refractivity contribution in [2.75, 3.05) is 6.54 Å². The van der Waals surface area contributed by atoms with Crippen LogP contribution >= 0.6 is 0 Å². The third-order valence-electron chi connectivity index (χ3n) is 3.58. The Hall–Kier alpha value is -1.35. The summed E-state index contributed by atoms with van der Waals surface area (Å²) in [7, 11) is 0. The van der Waals surface area contributed by atoms with E-state index in [1.807, 2.05) is 30.3 Å². The van der Waals surface area contributed by atoms with Crippen molar-refractivity contribution < 1.29 is 4.79 Å². The predicted molar refractivity (Wildman–Crippen MR) is 68.7 cm³/mol.